The van der Waals surface area contributed by atoms with Crippen molar-refractivity contribution in [3.05, 3.63) is 35.2 Å². The predicted molar refractivity (Wildman–Crippen MR) is 62.4 cm³/mol. The molecule has 3 heteroatoms. The molecule has 0 atom stereocenters. The van der Waals surface area contributed by atoms with E-state index in [1.54, 1.807) is 11.3 Å². The number of carbonyl (C=O) groups is 1. The Hall–Kier alpha value is -1.35. The highest BCUT2D eigenvalue weighted by Gasteiger charge is 2.13. The van der Waals surface area contributed by atoms with Gasteiger partial charge in [-0.2, -0.15) is 0 Å². The fourth-order valence-electron chi connectivity index (χ4n) is 1.41. The van der Waals surface area contributed by atoms with Gasteiger partial charge in [-0.3, -0.25) is 0 Å². The lowest BCUT2D eigenvalue weighted by molar-refractivity contribution is 0.0381. The molecule has 0 radical (unpaired) electrons. The van der Waals surface area contributed by atoms with Crippen LogP contribution in [-0.4, -0.2) is 12.1 Å². The summed E-state index contributed by atoms with van der Waals surface area (Å²) < 4.78 is 6.29. The van der Waals surface area contributed by atoms with E-state index in [1.807, 2.05) is 43.5 Å². The maximum atomic E-state index is 11.7. The van der Waals surface area contributed by atoms with Crippen LogP contribution in [-0.2, 0) is 4.74 Å². The minimum Gasteiger partial charge on any atom is -0.459 e. The molecule has 78 valence electrons. The first-order valence-corrected chi connectivity index (χ1v) is 5.73. The van der Waals surface area contributed by atoms with Crippen molar-refractivity contribution >= 4 is 27.4 Å². The molecule has 15 heavy (non-hydrogen) atoms. The summed E-state index contributed by atoms with van der Waals surface area (Å²) in [5, 5.41) is 2.84. The first-order valence-electron chi connectivity index (χ1n) is 4.85. The number of benzene rings is 1. The third-order valence-electron chi connectivity index (χ3n) is 2.04. The normalized spacial score (nSPS) is 10.9. The zero-order valence-electron chi connectivity index (χ0n) is 8.69. The van der Waals surface area contributed by atoms with E-state index in [0.717, 1.165) is 10.1 Å². The first-order chi connectivity index (χ1) is 7.18. The molecule has 2 nitrogen and oxygen atoms in total. The van der Waals surface area contributed by atoms with Crippen molar-refractivity contribution in [1.82, 2.24) is 0 Å². The van der Waals surface area contributed by atoms with Crippen LogP contribution in [0.4, 0.5) is 0 Å². The van der Waals surface area contributed by atoms with Gasteiger partial charge in [0.1, 0.15) is 0 Å². The minimum atomic E-state index is -0.234. The topological polar surface area (TPSA) is 26.3 Å². The summed E-state index contributed by atoms with van der Waals surface area (Å²) in [4.78, 5) is 11.7. The number of hydrogen-bond donors (Lipinski definition) is 0. The lowest BCUT2D eigenvalue weighted by Gasteiger charge is -2.06. The average Bonchev–Trinajstić information content (AvgIpc) is 2.59. The zero-order valence-corrected chi connectivity index (χ0v) is 9.51. The second-order valence-electron chi connectivity index (χ2n) is 3.60. The third kappa shape index (κ3) is 2.02. The Balaban J connectivity index is 2.40. The maximum absolute atomic E-state index is 11.7. The number of hydrogen-bond acceptors (Lipinski definition) is 3. The molecule has 1 heterocycles. The minimum absolute atomic E-state index is 0.0730. The Morgan fingerprint density at radius 1 is 1.33 bits per heavy atom. The second-order valence-corrected chi connectivity index (χ2v) is 4.51. The molecule has 0 amide bonds. The van der Waals surface area contributed by atoms with Gasteiger partial charge in [-0.25, -0.2) is 4.79 Å². The van der Waals surface area contributed by atoms with E-state index < -0.39 is 0 Å². The van der Waals surface area contributed by atoms with E-state index in [1.165, 1.54) is 0 Å². The summed E-state index contributed by atoms with van der Waals surface area (Å²) in [6.07, 6.45) is -0.0730. The molecule has 2 rings (SSSR count). The Kier molecular flexibility index (Phi) is 2.73. The lowest BCUT2D eigenvalue weighted by Crippen LogP contribution is -2.10. The number of fused-ring (bicyclic) bond motifs is 1. The molecular formula is C12H12O2S. The molecule has 0 aliphatic heterocycles. The number of carbonyl (C=O) groups excluding carboxylic acids is 1. The van der Waals surface area contributed by atoms with Crippen LogP contribution in [0.15, 0.2) is 29.6 Å². The van der Waals surface area contributed by atoms with Crippen LogP contribution in [0.1, 0.15) is 24.2 Å². The van der Waals surface area contributed by atoms with Gasteiger partial charge in [0, 0.05) is 15.5 Å². The van der Waals surface area contributed by atoms with Gasteiger partial charge in [0.2, 0.25) is 0 Å². The van der Waals surface area contributed by atoms with Gasteiger partial charge >= 0.3 is 5.97 Å². The quantitative estimate of drug-likeness (QED) is 0.724. The van der Waals surface area contributed by atoms with E-state index >= 15 is 0 Å². The summed E-state index contributed by atoms with van der Waals surface area (Å²) in [7, 11) is 0. The van der Waals surface area contributed by atoms with Crippen molar-refractivity contribution in [3.63, 3.8) is 0 Å². The van der Waals surface area contributed by atoms with E-state index in [2.05, 4.69) is 0 Å². The van der Waals surface area contributed by atoms with Crippen LogP contribution in [0.2, 0.25) is 0 Å². The van der Waals surface area contributed by atoms with Crippen molar-refractivity contribution in [2.45, 2.75) is 20.0 Å². The highest BCUT2D eigenvalue weighted by molar-refractivity contribution is 7.17. The molecule has 1 aromatic carbocycles. The second kappa shape index (κ2) is 4.03. The highest BCUT2D eigenvalue weighted by Crippen LogP contribution is 2.26. The monoisotopic (exact) mass is 220 g/mol. The Morgan fingerprint density at radius 3 is 2.80 bits per heavy atom. The molecule has 0 aliphatic rings. The lowest BCUT2D eigenvalue weighted by atomic mass is 10.2. The van der Waals surface area contributed by atoms with E-state index in [4.69, 9.17) is 4.74 Å². The summed E-state index contributed by atoms with van der Waals surface area (Å²) >= 11 is 1.57. The summed E-state index contributed by atoms with van der Waals surface area (Å²) in [6.45, 7) is 3.71. The maximum Gasteiger partial charge on any atom is 0.339 e. The van der Waals surface area contributed by atoms with Gasteiger partial charge in [0.15, 0.2) is 0 Å². The van der Waals surface area contributed by atoms with Crippen molar-refractivity contribution in [2.24, 2.45) is 0 Å². The van der Waals surface area contributed by atoms with Gasteiger partial charge in [-0.1, -0.05) is 18.2 Å². The Bertz CT molecular complexity index is 485. The smallest absolute Gasteiger partial charge is 0.339 e. The summed E-state index contributed by atoms with van der Waals surface area (Å²) in [5.41, 5.74) is 0.671. The van der Waals surface area contributed by atoms with Crippen molar-refractivity contribution in [2.75, 3.05) is 0 Å². The molecule has 2 aromatic rings. The third-order valence-corrected chi connectivity index (χ3v) is 3.01. The van der Waals surface area contributed by atoms with Crippen LogP contribution >= 0.6 is 11.3 Å². The molecule has 0 saturated carbocycles. The SMILES string of the molecule is CC(C)OC(=O)c1csc2ccccc12. The van der Waals surface area contributed by atoms with E-state index in [0.29, 0.717) is 5.56 Å². The molecule has 0 saturated heterocycles. The number of thiophene rings is 1. The Labute approximate surface area is 92.5 Å². The average molecular weight is 220 g/mol. The van der Waals surface area contributed by atoms with Crippen molar-refractivity contribution in [1.29, 1.82) is 0 Å². The first kappa shape index (κ1) is 10.2. The van der Waals surface area contributed by atoms with Gasteiger partial charge in [0.05, 0.1) is 11.7 Å². The van der Waals surface area contributed by atoms with Crippen LogP contribution in [0.25, 0.3) is 10.1 Å². The van der Waals surface area contributed by atoms with E-state index in [9.17, 15) is 4.79 Å². The van der Waals surface area contributed by atoms with Gasteiger partial charge < -0.3 is 4.74 Å². The molecule has 0 aliphatic carbocycles. The number of esters is 1. The molecular weight excluding hydrogens is 208 g/mol. The summed E-state index contributed by atoms with van der Waals surface area (Å²) in [6, 6.07) is 7.85. The highest BCUT2D eigenvalue weighted by atomic mass is 32.1. The molecule has 0 spiro atoms. The van der Waals surface area contributed by atoms with Crippen molar-refractivity contribution < 1.29 is 9.53 Å². The number of ether oxygens (including phenoxy) is 1. The van der Waals surface area contributed by atoms with Crippen LogP contribution in [0, 0.1) is 0 Å². The van der Waals surface area contributed by atoms with Gasteiger partial charge in [-0.05, 0) is 19.9 Å². The predicted octanol–water partition coefficient (Wildman–Crippen LogP) is 3.47. The molecule has 1 aromatic heterocycles. The fraction of sp³-hybridized carbons (Fsp3) is 0.250. The number of rotatable bonds is 2. The van der Waals surface area contributed by atoms with Gasteiger partial charge in [0.25, 0.3) is 0 Å². The molecule has 0 bridgehead atoms. The van der Waals surface area contributed by atoms with Gasteiger partial charge in [-0.15, -0.1) is 11.3 Å². The zero-order chi connectivity index (χ0) is 10.8. The fourth-order valence-corrected chi connectivity index (χ4v) is 2.34. The summed E-state index contributed by atoms with van der Waals surface area (Å²) in [5.74, 6) is -0.234. The standard InChI is InChI=1S/C12H12O2S/c1-8(2)14-12(13)10-7-15-11-6-4-3-5-9(10)11/h3-8H,1-2H3. The molecule has 0 N–H and O–H groups in total. The molecule has 0 fully saturated rings. The largest absolute Gasteiger partial charge is 0.459 e. The molecule has 0 unspecified atom stereocenters. The van der Waals surface area contributed by atoms with Crippen LogP contribution in [0.5, 0.6) is 0 Å². The van der Waals surface area contributed by atoms with E-state index in [-0.39, 0.29) is 12.1 Å². The van der Waals surface area contributed by atoms with Crippen LogP contribution < -0.4 is 0 Å². The Morgan fingerprint density at radius 2 is 2.07 bits per heavy atom. The van der Waals surface area contributed by atoms with Crippen molar-refractivity contribution in [3.8, 4) is 0 Å². The van der Waals surface area contributed by atoms with Crippen LogP contribution in [0.3, 0.4) is 0 Å².